The number of fused-ring (bicyclic) bond motifs is 1. The molecule has 0 saturated carbocycles. The van der Waals surface area contributed by atoms with Gasteiger partial charge in [-0.05, 0) is 42.8 Å². The molecule has 1 aromatic heterocycles. The molecule has 2 heterocycles. The number of aryl methyl sites for hydroxylation is 1. The number of anilines is 1. The first-order chi connectivity index (χ1) is 11.6. The van der Waals surface area contributed by atoms with E-state index < -0.39 is 0 Å². The maximum absolute atomic E-state index is 12.4. The molecule has 0 fully saturated rings. The van der Waals surface area contributed by atoms with Crippen molar-refractivity contribution >= 4 is 17.5 Å². The monoisotopic (exact) mass is 324 g/mol. The van der Waals surface area contributed by atoms with Gasteiger partial charge in [0.2, 0.25) is 5.91 Å². The highest BCUT2D eigenvalue weighted by Crippen LogP contribution is 2.16. The highest BCUT2D eigenvalue weighted by molar-refractivity contribution is 6.01. The van der Waals surface area contributed by atoms with Crippen LogP contribution in [0.5, 0.6) is 0 Å². The van der Waals surface area contributed by atoms with Crippen molar-refractivity contribution in [2.75, 3.05) is 11.9 Å². The lowest BCUT2D eigenvalue weighted by Gasteiger charge is -2.24. The van der Waals surface area contributed by atoms with Crippen LogP contribution in [0.1, 0.15) is 22.5 Å². The van der Waals surface area contributed by atoms with Crippen LogP contribution in [0.4, 0.5) is 5.69 Å². The molecule has 0 saturated heterocycles. The number of nitrogens with one attached hydrogen (secondary N) is 1. The fourth-order valence-corrected chi connectivity index (χ4v) is 2.86. The van der Waals surface area contributed by atoms with E-state index in [0.29, 0.717) is 5.56 Å². The van der Waals surface area contributed by atoms with E-state index in [4.69, 9.17) is 0 Å². The van der Waals surface area contributed by atoms with Crippen LogP contribution in [-0.2, 0) is 17.8 Å². The van der Waals surface area contributed by atoms with E-state index in [2.05, 4.69) is 17.0 Å². The van der Waals surface area contributed by atoms with E-state index >= 15 is 0 Å². The van der Waals surface area contributed by atoms with Crippen molar-refractivity contribution in [3.05, 3.63) is 60.4 Å². The normalized spacial score (nSPS) is 16.1. The molecule has 1 atom stereocenters. The molecular weight excluding hydrogens is 304 g/mol. The molecule has 3 rings (SSSR count). The second kappa shape index (κ2) is 6.70. The van der Waals surface area contributed by atoms with Gasteiger partial charge in [-0.15, -0.1) is 0 Å². The minimum atomic E-state index is -0.189. The van der Waals surface area contributed by atoms with Crippen molar-refractivity contribution < 1.29 is 9.59 Å². The number of rotatable bonds is 4. The highest BCUT2D eigenvalue weighted by atomic mass is 16.2. The maximum atomic E-state index is 12.4. The van der Waals surface area contributed by atoms with E-state index in [1.165, 1.54) is 11.0 Å². The van der Waals surface area contributed by atoms with Crippen LogP contribution < -0.4 is 10.2 Å². The van der Waals surface area contributed by atoms with Crippen molar-refractivity contribution in [1.29, 1.82) is 0 Å². The number of benzene rings is 1. The minimum Gasteiger partial charge on any atom is -0.349 e. The number of nitrogens with zero attached hydrogens (tertiary/aromatic N) is 3. The maximum Gasteiger partial charge on any atom is 0.251 e. The molecule has 24 heavy (non-hydrogen) atoms. The Balaban J connectivity index is 1.63. The number of hydrogen-bond donors (Lipinski definition) is 1. The summed E-state index contributed by atoms with van der Waals surface area (Å²) < 4.78 is 1.98. The Morgan fingerprint density at radius 2 is 2.08 bits per heavy atom. The third kappa shape index (κ3) is 3.22. The molecule has 1 N–H and O–H groups in total. The summed E-state index contributed by atoms with van der Waals surface area (Å²) in [4.78, 5) is 25.5. The fourth-order valence-electron chi connectivity index (χ4n) is 2.86. The number of carbonyl (C=O) groups is 2. The van der Waals surface area contributed by atoms with Crippen molar-refractivity contribution in [2.45, 2.75) is 25.4 Å². The molecule has 0 bridgehead atoms. The summed E-state index contributed by atoms with van der Waals surface area (Å²) in [7, 11) is 1.67. The zero-order chi connectivity index (χ0) is 17.1. The second-order valence-corrected chi connectivity index (χ2v) is 5.86. The van der Waals surface area contributed by atoms with Gasteiger partial charge in [-0.2, -0.15) is 5.10 Å². The van der Waals surface area contributed by atoms with Crippen LogP contribution in [-0.4, -0.2) is 34.7 Å². The number of amides is 2. The average Bonchev–Trinajstić information content (AvgIpc) is 3.08. The Kier molecular flexibility index (Phi) is 4.46. The van der Waals surface area contributed by atoms with Gasteiger partial charge in [0.25, 0.3) is 5.91 Å². The number of likely N-dealkylation sites (N-methyl/N-ethyl adjacent to an activating group) is 1. The number of aromatic nitrogens is 2. The lowest BCUT2D eigenvalue weighted by atomic mass is 10.0. The van der Waals surface area contributed by atoms with Crippen LogP contribution in [0.25, 0.3) is 0 Å². The SMILES string of the molecule is C=CC(=O)N(C)c1ccc(C(=O)NC2CCn3nccc3C2)cc1. The van der Waals surface area contributed by atoms with Crippen LogP contribution in [0.15, 0.2) is 49.2 Å². The standard InChI is InChI=1S/C18H20N4O2/c1-3-17(23)21(2)15-6-4-13(5-7-15)18(24)20-14-9-11-22-16(12-14)8-10-19-22/h3-8,10,14H,1,9,11-12H2,2H3,(H,20,24). The first-order valence-electron chi connectivity index (χ1n) is 7.90. The molecule has 1 aromatic carbocycles. The zero-order valence-electron chi connectivity index (χ0n) is 13.6. The lowest BCUT2D eigenvalue weighted by molar-refractivity contribution is -0.113. The van der Waals surface area contributed by atoms with Gasteiger partial charge in [0.15, 0.2) is 0 Å². The molecule has 1 unspecified atom stereocenters. The Labute approximate surface area is 140 Å². The largest absolute Gasteiger partial charge is 0.349 e. The lowest BCUT2D eigenvalue weighted by Crippen LogP contribution is -2.40. The Morgan fingerprint density at radius 1 is 1.33 bits per heavy atom. The molecule has 2 aromatic rings. The Bertz CT molecular complexity index is 764. The third-order valence-electron chi connectivity index (χ3n) is 4.31. The van der Waals surface area contributed by atoms with Crippen LogP contribution in [0.3, 0.4) is 0 Å². The predicted molar refractivity (Wildman–Crippen MR) is 91.9 cm³/mol. The average molecular weight is 324 g/mol. The van der Waals surface area contributed by atoms with E-state index in [9.17, 15) is 9.59 Å². The number of carbonyl (C=O) groups excluding carboxylic acids is 2. The molecule has 124 valence electrons. The summed E-state index contributed by atoms with van der Waals surface area (Å²) in [5.41, 5.74) is 2.45. The van der Waals surface area contributed by atoms with Gasteiger partial charge in [0.1, 0.15) is 0 Å². The molecule has 2 amide bonds. The van der Waals surface area contributed by atoms with Gasteiger partial charge in [0.05, 0.1) is 0 Å². The topological polar surface area (TPSA) is 67.2 Å². The van der Waals surface area contributed by atoms with E-state index in [1.807, 2.05) is 10.7 Å². The van der Waals surface area contributed by atoms with Crippen molar-refractivity contribution in [3.8, 4) is 0 Å². The molecule has 1 aliphatic rings. The van der Waals surface area contributed by atoms with E-state index in [1.54, 1.807) is 37.5 Å². The molecule has 0 radical (unpaired) electrons. The van der Waals surface area contributed by atoms with Crippen molar-refractivity contribution in [1.82, 2.24) is 15.1 Å². The summed E-state index contributed by atoms with van der Waals surface area (Å²) in [6.45, 7) is 4.29. The first-order valence-corrected chi connectivity index (χ1v) is 7.90. The van der Waals surface area contributed by atoms with Gasteiger partial charge in [-0.3, -0.25) is 14.3 Å². The summed E-state index contributed by atoms with van der Waals surface area (Å²) in [5, 5.41) is 7.31. The smallest absolute Gasteiger partial charge is 0.251 e. The van der Waals surface area contributed by atoms with Gasteiger partial charge >= 0.3 is 0 Å². The molecule has 0 spiro atoms. The Morgan fingerprint density at radius 3 is 2.79 bits per heavy atom. The minimum absolute atomic E-state index is 0.0998. The van der Waals surface area contributed by atoms with Gasteiger partial charge in [-0.25, -0.2) is 0 Å². The van der Waals surface area contributed by atoms with Crippen LogP contribution >= 0.6 is 0 Å². The zero-order valence-corrected chi connectivity index (χ0v) is 13.6. The number of hydrogen-bond acceptors (Lipinski definition) is 3. The first kappa shape index (κ1) is 16.0. The van der Waals surface area contributed by atoms with E-state index in [0.717, 1.165) is 30.8 Å². The third-order valence-corrected chi connectivity index (χ3v) is 4.31. The highest BCUT2D eigenvalue weighted by Gasteiger charge is 2.21. The fraction of sp³-hybridized carbons (Fsp3) is 0.278. The quantitative estimate of drug-likeness (QED) is 0.872. The van der Waals surface area contributed by atoms with Gasteiger partial charge in [-0.1, -0.05) is 6.58 Å². The second-order valence-electron chi connectivity index (χ2n) is 5.86. The molecule has 6 heteroatoms. The van der Waals surface area contributed by atoms with Crippen LogP contribution in [0.2, 0.25) is 0 Å². The summed E-state index contributed by atoms with van der Waals surface area (Å²) in [6, 6.07) is 9.07. The summed E-state index contributed by atoms with van der Waals surface area (Å²) >= 11 is 0. The molecule has 0 aliphatic carbocycles. The van der Waals surface area contributed by atoms with Crippen LogP contribution in [0, 0.1) is 0 Å². The molecule has 6 nitrogen and oxygen atoms in total. The summed E-state index contributed by atoms with van der Waals surface area (Å²) in [6.07, 6.45) is 4.71. The van der Waals surface area contributed by atoms with E-state index in [-0.39, 0.29) is 17.9 Å². The molecular formula is C18H20N4O2. The van der Waals surface area contributed by atoms with Crippen molar-refractivity contribution in [3.63, 3.8) is 0 Å². The van der Waals surface area contributed by atoms with Crippen molar-refractivity contribution in [2.24, 2.45) is 0 Å². The van der Waals surface area contributed by atoms with Gasteiger partial charge < -0.3 is 10.2 Å². The molecule has 1 aliphatic heterocycles. The Hall–Kier alpha value is -2.89. The predicted octanol–water partition coefficient (Wildman–Crippen LogP) is 1.78. The summed E-state index contributed by atoms with van der Waals surface area (Å²) in [5.74, 6) is -0.289. The van der Waals surface area contributed by atoms with Gasteiger partial charge in [0, 0.05) is 49.2 Å².